The molecule has 27 heavy (non-hydrogen) atoms. The molecular formula is C20H21NO6. The number of oxazole rings is 1. The fraction of sp³-hybridized carbons (Fsp3) is 0.300. The average molecular weight is 371 g/mol. The second-order valence-electron chi connectivity index (χ2n) is 6.07. The molecule has 0 bridgehead atoms. The number of aryl methyl sites for hydroxylation is 2. The van der Waals surface area contributed by atoms with Crippen LogP contribution >= 0.6 is 0 Å². The molecule has 0 saturated heterocycles. The first-order valence-corrected chi connectivity index (χ1v) is 8.68. The van der Waals surface area contributed by atoms with E-state index in [-0.39, 0.29) is 24.7 Å². The number of carbonyl (C=O) groups excluding carboxylic acids is 1. The summed E-state index contributed by atoms with van der Waals surface area (Å²) in [7, 11) is 1.48. The van der Waals surface area contributed by atoms with E-state index in [0.717, 1.165) is 11.1 Å². The molecule has 0 amide bonds. The van der Waals surface area contributed by atoms with Gasteiger partial charge in [-0.25, -0.2) is 4.79 Å². The van der Waals surface area contributed by atoms with Gasteiger partial charge in [0.2, 0.25) is 0 Å². The third-order valence-corrected chi connectivity index (χ3v) is 4.22. The molecule has 0 unspecified atom stereocenters. The number of phenolic OH excluding ortho intramolecular Hbond substituents is 1. The highest BCUT2D eigenvalue weighted by Crippen LogP contribution is 2.26. The number of hydrogen-bond donors (Lipinski definition) is 1. The number of aromatic hydroxyl groups is 1. The molecule has 0 aliphatic heterocycles. The quantitative estimate of drug-likeness (QED) is 0.484. The van der Waals surface area contributed by atoms with Gasteiger partial charge in [0.05, 0.1) is 19.2 Å². The predicted octanol–water partition coefficient (Wildman–Crippen LogP) is 2.87. The van der Waals surface area contributed by atoms with Gasteiger partial charge in [-0.1, -0.05) is 18.2 Å². The number of carbonyl (C=O) groups is 1. The van der Waals surface area contributed by atoms with E-state index in [4.69, 9.17) is 13.9 Å². The van der Waals surface area contributed by atoms with E-state index in [1.54, 1.807) is 30.3 Å². The molecule has 142 valence electrons. The molecule has 1 N–H and O–H groups in total. The lowest BCUT2D eigenvalue weighted by molar-refractivity contribution is -0.143. The molecule has 0 spiro atoms. The Balaban J connectivity index is 1.44. The third kappa shape index (κ3) is 4.49. The number of nitrogens with zero attached hydrogens (tertiary/aromatic N) is 1. The molecule has 0 fully saturated rings. The van der Waals surface area contributed by atoms with Crippen LogP contribution < -0.4 is 10.5 Å². The van der Waals surface area contributed by atoms with Crippen molar-refractivity contribution in [2.24, 2.45) is 0 Å². The van der Waals surface area contributed by atoms with Crippen molar-refractivity contribution >= 4 is 17.1 Å². The fourth-order valence-corrected chi connectivity index (χ4v) is 2.84. The Morgan fingerprint density at radius 3 is 2.81 bits per heavy atom. The van der Waals surface area contributed by atoms with Gasteiger partial charge in [0.1, 0.15) is 0 Å². The smallest absolute Gasteiger partial charge is 0.419 e. The van der Waals surface area contributed by atoms with Crippen molar-refractivity contribution in [1.29, 1.82) is 0 Å². The van der Waals surface area contributed by atoms with Crippen molar-refractivity contribution in [2.75, 3.05) is 13.7 Å². The minimum atomic E-state index is -0.415. The van der Waals surface area contributed by atoms with Crippen LogP contribution in [0.1, 0.15) is 18.4 Å². The van der Waals surface area contributed by atoms with Gasteiger partial charge in [0, 0.05) is 13.0 Å². The van der Waals surface area contributed by atoms with Crippen LogP contribution in [0.2, 0.25) is 0 Å². The molecule has 7 nitrogen and oxygen atoms in total. The first kappa shape index (κ1) is 18.6. The van der Waals surface area contributed by atoms with Gasteiger partial charge in [-0.15, -0.1) is 0 Å². The monoisotopic (exact) mass is 371 g/mol. The van der Waals surface area contributed by atoms with Crippen LogP contribution in [-0.2, 0) is 22.5 Å². The lowest BCUT2D eigenvalue weighted by Crippen LogP contribution is -2.16. The lowest BCUT2D eigenvalue weighted by Gasteiger charge is -2.07. The number of fused-ring (bicyclic) bond motifs is 1. The van der Waals surface area contributed by atoms with Crippen molar-refractivity contribution < 1.29 is 23.8 Å². The van der Waals surface area contributed by atoms with Gasteiger partial charge in [-0.3, -0.25) is 9.36 Å². The number of para-hydroxylation sites is 2. The molecule has 0 saturated carbocycles. The van der Waals surface area contributed by atoms with E-state index in [2.05, 4.69) is 0 Å². The van der Waals surface area contributed by atoms with E-state index in [0.29, 0.717) is 30.7 Å². The number of benzene rings is 2. The largest absolute Gasteiger partial charge is 0.504 e. The Bertz CT molecular complexity index is 988. The van der Waals surface area contributed by atoms with Crippen molar-refractivity contribution in [3.63, 3.8) is 0 Å². The van der Waals surface area contributed by atoms with Crippen LogP contribution in [0.4, 0.5) is 0 Å². The van der Waals surface area contributed by atoms with E-state index in [9.17, 15) is 14.7 Å². The summed E-state index contributed by atoms with van der Waals surface area (Å²) < 4.78 is 16.9. The maximum atomic E-state index is 11.9. The summed E-state index contributed by atoms with van der Waals surface area (Å²) in [6.45, 7) is 0.633. The van der Waals surface area contributed by atoms with Crippen LogP contribution in [0.5, 0.6) is 11.5 Å². The van der Waals surface area contributed by atoms with E-state index in [1.165, 1.54) is 11.7 Å². The van der Waals surface area contributed by atoms with Crippen molar-refractivity contribution in [3.8, 4) is 11.5 Å². The summed E-state index contributed by atoms with van der Waals surface area (Å²) in [4.78, 5) is 23.7. The standard InChI is InChI=1S/C20H21NO6/c1-25-18-9-7-14(13-16(18)22)8-10-19(23)26-12-4-11-21-15-5-2-3-6-17(15)27-20(21)24/h2-3,5-7,9,13,22H,4,8,10-12H2,1H3. The normalized spacial score (nSPS) is 10.9. The average Bonchev–Trinajstić information content (AvgIpc) is 2.99. The molecule has 0 radical (unpaired) electrons. The summed E-state index contributed by atoms with van der Waals surface area (Å²) >= 11 is 0. The number of ether oxygens (including phenoxy) is 2. The summed E-state index contributed by atoms with van der Waals surface area (Å²) in [5.74, 6) is -0.305. The minimum Gasteiger partial charge on any atom is -0.504 e. The van der Waals surface area contributed by atoms with Gasteiger partial charge in [-0.05, 0) is 42.7 Å². The number of methoxy groups -OCH3 is 1. The molecule has 3 rings (SSSR count). The zero-order chi connectivity index (χ0) is 19.2. The molecule has 7 heteroatoms. The van der Waals surface area contributed by atoms with Crippen LogP contribution in [-0.4, -0.2) is 29.4 Å². The molecular weight excluding hydrogens is 350 g/mol. The molecule has 0 atom stereocenters. The second-order valence-corrected chi connectivity index (χ2v) is 6.07. The van der Waals surface area contributed by atoms with Crippen molar-refractivity contribution in [1.82, 2.24) is 4.57 Å². The minimum absolute atomic E-state index is 0.0427. The topological polar surface area (TPSA) is 90.9 Å². The predicted molar refractivity (Wildman–Crippen MR) is 99.0 cm³/mol. The van der Waals surface area contributed by atoms with Gasteiger partial charge in [0.25, 0.3) is 0 Å². The maximum Gasteiger partial charge on any atom is 0.419 e. The van der Waals surface area contributed by atoms with Gasteiger partial charge in [0.15, 0.2) is 17.1 Å². The van der Waals surface area contributed by atoms with E-state index in [1.807, 2.05) is 12.1 Å². The molecule has 0 aliphatic carbocycles. The zero-order valence-corrected chi connectivity index (χ0v) is 15.0. The van der Waals surface area contributed by atoms with Crippen LogP contribution in [0.3, 0.4) is 0 Å². The highest BCUT2D eigenvalue weighted by atomic mass is 16.5. The highest BCUT2D eigenvalue weighted by Gasteiger charge is 2.09. The Kier molecular flexibility index (Phi) is 5.80. The molecule has 2 aromatic carbocycles. The third-order valence-electron chi connectivity index (χ3n) is 4.22. The fourth-order valence-electron chi connectivity index (χ4n) is 2.84. The van der Waals surface area contributed by atoms with Crippen LogP contribution in [0.25, 0.3) is 11.1 Å². The van der Waals surface area contributed by atoms with Gasteiger partial charge >= 0.3 is 11.7 Å². The summed E-state index contributed by atoms with van der Waals surface area (Å²) in [5.41, 5.74) is 2.09. The lowest BCUT2D eigenvalue weighted by atomic mass is 10.1. The molecule has 1 aromatic heterocycles. The molecule has 0 aliphatic rings. The van der Waals surface area contributed by atoms with Crippen LogP contribution in [0, 0.1) is 0 Å². The Morgan fingerprint density at radius 2 is 2.04 bits per heavy atom. The van der Waals surface area contributed by atoms with Crippen molar-refractivity contribution in [2.45, 2.75) is 25.8 Å². The van der Waals surface area contributed by atoms with E-state index < -0.39 is 5.76 Å². The van der Waals surface area contributed by atoms with E-state index >= 15 is 0 Å². The van der Waals surface area contributed by atoms with Crippen LogP contribution in [0.15, 0.2) is 51.7 Å². The van der Waals surface area contributed by atoms with Gasteiger partial charge in [-0.2, -0.15) is 0 Å². The van der Waals surface area contributed by atoms with Crippen molar-refractivity contribution in [3.05, 3.63) is 58.6 Å². The number of rotatable bonds is 8. The number of phenols is 1. The summed E-state index contributed by atoms with van der Waals surface area (Å²) in [6, 6.07) is 12.2. The van der Waals surface area contributed by atoms with Gasteiger partial charge < -0.3 is 19.0 Å². The SMILES string of the molecule is COc1ccc(CCC(=O)OCCCn2c(=O)oc3ccccc32)cc1O. The Labute approximate surface area is 155 Å². The first-order valence-electron chi connectivity index (χ1n) is 8.68. The molecule has 1 heterocycles. The highest BCUT2D eigenvalue weighted by molar-refractivity contribution is 5.72. The zero-order valence-electron chi connectivity index (χ0n) is 15.0. The summed E-state index contributed by atoms with van der Waals surface area (Å²) in [6.07, 6.45) is 1.18. The Hall–Kier alpha value is -3.22. The maximum absolute atomic E-state index is 11.9. The number of esters is 1. The summed E-state index contributed by atoms with van der Waals surface area (Å²) in [5, 5.41) is 9.74. The number of aromatic nitrogens is 1. The second kappa shape index (κ2) is 8.44. The number of hydrogen-bond acceptors (Lipinski definition) is 6. The Morgan fingerprint density at radius 1 is 1.22 bits per heavy atom. The molecule has 3 aromatic rings. The first-order chi connectivity index (χ1) is 13.1.